The molecule has 0 bridgehead atoms. The van der Waals surface area contributed by atoms with E-state index < -0.39 is 5.18 Å². The van der Waals surface area contributed by atoms with Gasteiger partial charge >= 0.3 is 0 Å². The van der Waals surface area contributed by atoms with Crippen molar-refractivity contribution in [2.75, 3.05) is 0 Å². The summed E-state index contributed by atoms with van der Waals surface area (Å²) < 4.78 is 4.65. The van der Waals surface area contributed by atoms with Crippen molar-refractivity contribution in [1.29, 1.82) is 0 Å². The van der Waals surface area contributed by atoms with Crippen LogP contribution in [0.15, 0.2) is 0 Å². The maximum absolute atomic E-state index is 5.35. The van der Waals surface area contributed by atoms with E-state index in [9.17, 15) is 0 Å². The number of epoxide rings is 1. The minimum atomic E-state index is -0.819. The molecule has 1 aliphatic rings. The standard InChI is InChI=1S/C3H6ClNO/c1-2-3(4,5)6-2/h2H,5H2,1H3/t2?,3-/m1/s1. The lowest BCUT2D eigenvalue weighted by molar-refractivity contribution is 0.362. The molecule has 0 spiro atoms. The predicted molar refractivity (Wildman–Crippen MR) is 23.3 cm³/mol. The average molecular weight is 108 g/mol. The molecule has 0 amide bonds. The number of halogens is 1. The molecule has 0 aromatic rings. The van der Waals surface area contributed by atoms with E-state index in [0.717, 1.165) is 0 Å². The third-order valence-corrected chi connectivity index (χ3v) is 1.25. The fourth-order valence-corrected chi connectivity index (χ4v) is 0.371. The topological polar surface area (TPSA) is 38.5 Å². The molecule has 0 saturated carbocycles. The summed E-state index contributed by atoms with van der Waals surface area (Å²) in [7, 11) is 0. The third-order valence-electron chi connectivity index (χ3n) is 0.854. The highest BCUT2D eigenvalue weighted by Gasteiger charge is 2.48. The Morgan fingerprint density at radius 1 is 2.00 bits per heavy atom. The molecule has 0 aromatic heterocycles. The lowest BCUT2D eigenvalue weighted by Crippen LogP contribution is -2.16. The van der Waals surface area contributed by atoms with E-state index in [1.807, 2.05) is 6.92 Å². The number of alkyl halides is 1. The van der Waals surface area contributed by atoms with Crippen LogP contribution < -0.4 is 5.73 Å². The maximum atomic E-state index is 5.35. The lowest BCUT2D eigenvalue weighted by Gasteiger charge is -1.82. The number of hydrogen-bond donors (Lipinski definition) is 1. The molecule has 1 aliphatic heterocycles. The van der Waals surface area contributed by atoms with Gasteiger partial charge in [0, 0.05) is 0 Å². The van der Waals surface area contributed by atoms with E-state index >= 15 is 0 Å². The van der Waals surface area contributed by atoms with Crippen molar-refractivity contribution in [2.24, 2.45) is 5.73 Å². The smallest absolute Gasteiger partial charge is 0.220 e. The molecular formula is C3H6ClNO. The molecule has 1 rings (SSSR count). The molecule has 1 unspecified atom stereocenters. The van der Waals surface area contributed by atoms with E-state index in [1.165, 1.54) is 0 Å². The largest absolute Gasteiger partial charge is 0.336 e. The van der Waals surface area contributed by atoms with Crippen LogP contribution in [0.25, 0.3) is 0 Å². The Morgan fingerprint density at radius 3 is 2.17 bits per heavy atom. The summed E-state index contributed by atoms with van der Waals surface area (Å²) in [6.07, 6.45) is 0.0409. The van der Waals surface area contributed by atoms with Gasteiger partial charge in [0.05, 0.1) is 0 Å². The maximum Gasteiger partial charge on any atom is 0.220 e. The lowest BCUT2D eigenvalue weighted by atomic mass is 10.5. The third kappa shape index (κ3) is 0.511. The predicted octanol–water partition coefficient (Wildman–Crippen LogP) is 0.256. The Morgan fingerprint density at radius 2 is 2.17 bits per heavy atom. The van der Waals surface area contributed by atoms with Gasteiger partial charge in [-0.05, 0) is 6.92 Å². The van der Waals surface area contributed by atoms with E-state index in [2.05, 4.69) is 4.74 Å². The van der Waals surface area contributed by atoms with Crippen molar-refractivity contribution >= 4 is 11.6 Å². The zero-order valence-corrected chi connectivity index (χ0v) is 4.20. The first-order valence-corrected chi connectivity index (χ1v) is 2.16. The Bertz CT molecular complexity index is 73.2. The van der Waals surface area contributed by atoms with Crippen LogP contribution in [0.5, 0.6) is 0 Å². The van der Waals surface area contributed by atoms with E-state index in [4.69, 9.17) is 17.3 Å². The van der Waals surface area contributed by atoms with Gasteiger partial charge in [-0.15, -0.1) is 0 Å². The first-order valence-electron chi connectivity index (χ1n) is 1.78. The van der Waals surface area contributed by atoms with Crippen LogP contribution in [0.4, 0.5) is 0 Å². The average Bonchev–Trinajstić information content (AvgIpc) is 1.73. The Hall–Kier alpha value is 0.210. The van der Waals surface area contributed by atoms with Crippen molar-refractivity contribution in [3.63, 3.8) is 0 Å². The van der Waals surface area contributed by atoms with Crippen LogP contribution in [0.1, 0.15) is 6.92 Å². The molecule has 1 saturated heterocycles. The van der Waals surface area contributed by atoms with Gasteiger partial charge in [0.1, 0.15) is 6.10 Å². The van der Waals surface area contributed by atoms with E-state index in [0.29, 0.717) is 0 Å². The van der Waals surface area contributed by atoms with Gasteiger partial charge in [0.15, 0.2) is 0 Å². The SMILES string of the molecule is CC1O[C@@]1(N)Cl. The molecule has 2 N–H and O–H groups in total. The zero-order chi connectivity index (χ0) is 4.78. The summed E-state index contributed by atoms with van der Waals surface area (Å²) in [5.74, 6) is 0. The number of hydrogen-bond acceptors (Lipinski definition) is 2. The second-order valence-electron chi connectivity index (χ2n) is 1.46. The van der Waals surface area contributed by atoms with Gasteiger partial charge < -0.3 is 4.74 Å². The summed E-state index contributed by atoms with van der Waals surface area (Å²) in [6.45, 7) is 1.83. The highest BCUT2D eigenvalue weighted by Crippen LogP contribution is 2.33. The van der Waals surface area contributed by atoms with E-state index in [-0.39, 0.29) is 6.10 Å². The number of nitrogens with two attached hydrogens (primary N) is 1. The molecule has 0 aliphatic carbocycles. The molecule has 1 fully saturated rings. The van der Waals surface area contributed by atoms with Gasteiger partial charge in [-0.1, -0.05) is 11.6 Å². The van der Waals surface area contributed by atoms with Crippen LogP contribution >= 0.6 is 11.6 Å². The second-order valence-corrected chi connectivity index (χ2v) is 2.05. The van der Waals surface area contributed by atoms with Gasteiger partial charge in [0.2, 0.25) is 5.18 Å². The Labute approximate surface area is 41.2 Å². The summed E-state index contributed by atoms with van der Waals surface area (Å²) in [5, 5.41) is -0.819. The quantitative estimate of drug-likeness (QED) is 0.274. The minimum absolute atomic E-state index is 0.0409. The minimum Gasteiger partial charge on any atom is -0.336 e. The van der Waals surface area contributed by atoms with Gasteiger partial charge in [0.25, 0.3) is 0 Å². The summed E-state index contributed by atoms with van der Waals surface area (Å²) >= 11 is 5.35. The summed E-state index contributed by atoms with van der Waals surface area (Å²) in [5.41, 5.74) is 5.15. The normalized spacial score (nSPS) is 55.5. The molecule has 0 aromatic carbocycles. The highest BCUT2D eigenvalue weighted by molar-refractivity contribution is 6.24. The molecule has 1 heterocycles. The molecule has 0 radical (unpaired) electrons. The fraction of sp³-hybridized carbons (Fsp3) is 1.00. The van der Waals surface area contributed by atoms with Crippen molar-refractivity contribution < 1.29 is 4.74 Å². The number of ether oxygens (including phenoxy) is 1. The Kier molecular flexibility index (Phi) is 0.645. The highest BCUT2D eigenvalue weighted by atomic mass is 35.5. The van der Waals surface area contributed by atoms with Crippen LogP contribution in [0.2, 0.25) is 0 Å². The molecular weight excluding hydrogens is 101 g/mol. The molecule has 36 valence electrons. The second kappa shape index (κ2) is 0.886. The Balaban J connectivity index is 2.41. The molecule has 2 atom stereocenters. The first-order chi connectivity index (χ1) is 2.63. The van der Waals surface area contributed by atoms with Crippen LogP contribution in [0.3, 0.4) is 0 Å². The summed E-state index contributed by atoms with van der Waals surface area (Å²) in [4.78, 5) is 0. The van der Waals surface area contributed by atoms with Gasteiger partial charge in [-0.3, -0.25) is 5.73 Å². The summed E-state index contributed by atoms with van der Waals surface area (Å²) in [6, 6.07) is 0. The van der Waals surface area contributed by atoms with Crippen molar-refractivity contribution in [1.82, 2.24) is 0 Å². The molecule has 2 nitrogen and oxygen atoms in total. The van der Waals surface area contributed by atoms with Crippen molar-refractivity contribution in [3.8, 4) is 0 Å². The zero-order valence-electron chi connectivity index (χ0n) is 3.44. The van der Waals surface area contributed by atoms with Crippen LogP contribution in [-0.4, -0.2) is 11.3 Å². The monoisotopic (exact) mass is 107 g/mol. The van der Waals surface area contributed by atoms with Gasteiger partial charge in [-0.25, -0.2) is 0 Å². The van der Waals surface area contributed by atoms with Crippen molar-refractivity contribution in [2.45, 2.75) is 18.2 Å². The number of rotatable bonds is 0. The fourth-order valence-electron chi connectivity index (χ4n) is 0.237. The molecule has 3 heteroatoms. The molecule has 6 heavy (non-hydrogen) atoms. The van der Waals surface area contributed by atoms with Gasteiger partial charge in [-0.2, -0.15) is 0 Å². The van der Waals surface area contributed by atoms with E-state index in [1.54, 1.807) is 0 Å². The van der Waals surface area contributed by atoms with Crippen LogP contribution in [-0.2, 0) is 4.74 Å². The van der Waals surface area contributed by atoms with Crippen LogP contribution in [0, 0.1) is 0 Å². The first kappa shape index (κ1) is 4.37. The van der Waals surface area contributed by atoms with Crippen molar-refractivity contribution in [3.05, 3.63) is 0 Å².